The lowest BCUT2D eigenvalue weighted by atomic mass is 9.82. The highest BCUT2D eigenvalue weighted by molar-refractivity contribution is 5.74. The van der Waals surface area contributed by atoms with E-state index in [4.69, 9.17) is 18.9 Å². The molecule has 1 amide bonds. The maximum atomic E-state index is 13.1. The summed E-state index contributed by atoms with van der Waals surface area (Å²) in [7, 11) is 1.60. The maximum Gasteiger partial charge on any atom is 0.410 e. The van der Waals surface area contributed by atoms with E-state index in [0.717, 1.165) is 23.1 Å². The van der Waals surface area contributed by atoms with Crippen molar-refractivity contribution in [1.29, 1.82) is 0 Å². The standard InChI is InChI=1S/C32H36N2O7/c1-3-15-33(32(37)39-20-22-7-5-4-6-8-22)16-17-34-19-26(24-11-14-27-28(18-24)41-21-40-27)29(31(35)36)30(34)23-9-12-25(38-2)13-10-23/h4-14,18,26,29-30H,3,15-17,19-21H2,1-2H3,(H,35,36)/t26-,29+,30-/m1/s1. The molecule has 2 aliphatic rings. The minimum Gasteiger partial charge on any atom is -0.497 e. The minimum atomic E-state index is -0.872. The van der Waals surface area contributed by atoms with Crippen molar-refractivity contribution in [2.45, 2.75) is 31.9 Å². The third-order valence-electron chi connectivity index (χ3n) is 7.78. The molecule has 2 aliphatic heterocycles. The van der Waals surface area contributed by atoms with Crippen LogP contribution in [-0.4, -0.2) is 67.1 Å². The van der Waals surface area contributed by atoms with Gasteiger partial charge in [0.2, 0.25) is 6.79 Å². The Kier molecular flexibility index (Phi) is 8.94. The second kappa shape index (κ2) is 13.0. The molecule has 0 saturated carbocycles. The van der Waals surface area contributed by atoms with E-state index in [0.29, 0.717) is 43.4 Å². The molecule has 1 fully saturated rings. The lowest BCUT2D eigenvalue weighted by Gasteiger charge is -2.30. The monoisotopic (exact) mass is 560 g/mol. The van der Waals surface area contributed by atoms with Gasteiger partial charge in [0, 0.05) is 38.1 Å². The molecule has 2 heterocycles. The van der Waals surface area contributed by atoms with E-state index in [9.17, 15) is 14.7 Å². The topological polar surface area (TPSA) is 97.8 Å². The van der Waals surface area contributed by atoms with Crippen molar-refractivity contribution >= 4 is 12.1 Å². The third kappa shape index (κ3) is 6.41. The van der Waals surface area contributed by atoms with E-state index in [1.54, 1.807) is 12.0 Å². The van der Waals surface area contributed by atoms with Gasteiger partial charge in [0.05, 0.1) is 13.0 Å². The van der Waals surface area contributed by atoms with Crippen LogP contribution in [0.1, 0.15) is 42.0 Å². The Balaban J connectivity index is 1.38. The first-order valence-electron chi connectivity index (χ1n) is 13.9. The number of benzene rings is 3. The van der Waals surface area contributed by atoms with Crippen molar-refractivity contribution in [3.63, 3.8) is 0 Å². The summed E-state index contributed by atoms with van der Waals surface area (Å²) in [4.78, 5) is 29.8. The van der Waals surface area contributed by atoms with Crippen LogP contribution in [0.15, 0.2) is 72.8 Å². The molecule has 0 aromatic heterocycles. The molecular weight excluding hydrogens is 524 g/mol. The average molecular weight is 561 g/mol. The van der Waals surface area contributed by atoms with Crippen LogP contribution in [0.25, 0.3) is 0 Å². The maximum absolute atomic E-state index is 13.1. The zero-order valence-corrected chi connectivity index (χ0v) is 23.4. The largest absolute Gasteiger partial charge is 0.497 e. The Morgan fingerprint density at radius 1 is 0.976 bits per heavy atom. The third-order valence-corrected chi connectivity index (χ3v) is 7.78. The van der Waals surface area contributed by atoms with Gasteiger partial charge < -0.3 is 29.0 Å². The van der Waals surface area contributed by atoms with Gasteiger partial charge in [-0.25, -0.2) is 4.79 Å². The number of carboxylic acid groups (broad SMARTS) is 1. The van der Waals surface area contributed by atoms with Crippen LogP contribution in [0.2, 0.25) is 0 Å². The summed E-state index contributed by atoms with van der Waals surface area (Å²) >= 11 is 0. The van der Waals surface area contributed by atoms with Crippen molar-refractivity contribution in [3.05, 3.63) is 89.5 Å². The van der Waals surface area contributed by atoms with Gasteiger partial charge in [-0.05, 0) is 47.4 Å². The van der Waals surface area contributed by atoms with E-state index in [2.05, 4.69) is 4.90 Å². The number of hydrogen-bond donors (Lipinski definition) is 1. The molecule has 0 aliphatic carbocycles. The fraction of sp³-hybridized carbons (Fsp3) is 0.375. The molecule has 0 bridgehead atoms. The Bertz CT molecular complexity index is 1330. The predicted molar refractivity (Wildman–Crippen MR) is 152 cm³/mol. The molecule has 3 aromatic carbocycles. The lowest BCUT2D eigenvalue weighted by Crippen LogP contribution is -2.40. The summed E-state index contributed by atoms with van der Waals surface area (Å²) in [6, 6.07) is 22.4. The Hall–Kier alpha value is -4.24. The van der Waals surface area contributed by atoms with Crippen LogP contribution in [0, 0.1) is 5.92 Å². The number of carbonyl (C=O) groups is 2. The molecule has 5 rings (SSSR count). The highest BCUT2D eigenvalue weighted by Crippen LogP contribution is 2.47. The second-order valence-corrected chi connectivity index (χ2v) is 10.3. The number of methoxy groups -OCH3 is 1. The number of nitrogens with zero attached hydrogens (tertiary/aromatic N) is 2. The Labute approximate surface area is 240 Å². The number of fused-ring (bicyclic) bond motifs is 1. The van der Waals surface area contributed by atoms with Crippen molar-refractivity contribution in [1.82, 2.24) is 9.80 Å². The number of aliphatic carboxylic acids is 1. The zero-order chi connectivity index (χ0) is 28.8. The number of ether oxygens (including phenoxy) is 4. The molecule has 3 atom stereocenters. The normalized spacial score (nSPS) is 19.6. The Morgan fingerprint density at radius 3 is 2.41 bits per heavy atom. The smallest absolute Gasteiger partial charge is 0.410 e. The molecule has 0 spiro atoms. The van der Waals surface area contributed by atoms with E-state index >= 15 is 0 Å². The molecule has 0 unspecified atom stereocenters. The summed E-state index contributed by atoms with van der Waals surface area (Å²) < 4.78 is 22.0. The van der Waals surface area contributed by atoms with Crippen LogP contribution in [0.5, 0.6) is 17.2 Å². The van der Waals surface area contributed by atoms with E-state index in [1.165, 1.54) is 0 Å². The zero-order valence-electron chi connectivity index (χ0n) is 23.4. The summed E-state index contributed by atoms with van der Waals surface area (Å²) in [5.74, 6) is 0.108. The lowest BCUT2D eigenvalue weighted by molar-refractivity contribution is -0.143. The molecule has 3 aromatic rings. The van der Waals surface area contributed by atoms with Crippen molar-refractivity contribution in [2.75, 3.05) is 40.1 Å². The van der Waals surface area contributed by atoms with E-state index in [-0.39, 0.29) is 25.4 Å². The molecular formula is C32H36N2O7. The van der Waals surface area contributed by atoms with Gasteiger partial charge >= 0.3 is 12.1 Å². The number of carbonyl (C=O) groups excluding carboxylic acids is 1. The molecule has 0 radical (unpaired) electrons. The van der Waals surface area contributed by atoms with E-state index < -0.39 is 17.9 Å². The molecule has 9 heteroatoms. The van der Waals surface area contributed by atoms with Gasteiger partial charge in [0.15, 0.2) is 11.5 Å². The van der Waals surface area contributed by atoms with Gasteiger partial charge in [-0.1, -0.05) is 55.5 Å². The van der Waals surface area contributed by atoms with Crippen LogP contribution >= 0.6 is 0 Å². The van der Waals surface area contributed by atoms with Crippen LogP contribution in [-0.2, 0) is 16.1 Å². The Morgan fingerprint density at radius 2 is 1.71 bits per heavy atom. The van der Waals surface area contributed by atoms with Crippen LogP contribution in [0.4, 0.5) is 4.79 Å². The first-order valence-corrected chi connectivity index (χ1v) is 13.9. The van der Waals surface area contributed by atoms with Crippen molar-refractivity contribution < 1.29 is 33.6 Å². The van der Waals surface area contributed by atoms with Gasteiger partial charge in [0.25, 0.3) is 0 Å². The molecule has 9 nitrogen and oxygen atoms in total. The first-order chi connectivity index (χ1) is 20.0. The number of likely N-dealkylation sites (tertiary alicyclic amines) is 1. The summed E-state index contributed by atoms with van der Waals surface area (Å²) in [5, 5.41) is 10.5. The number of amides is 1. The summed E-state index contributed by atoms with van der Waals surface area (Å²) in [5.41, 5.74) is 2.69. The van der Waals surface area contributed by atoms with Crippen molar-refractivity contribution in [2.24, 2.45) is 5.92 Å². The van der Waals surface area contributed by atoms with Gasteiger partial charge in [0.1, 0.15) is 12.4 Å². The van der Waals surface area contributed by atoms with Gasteiger partial charge in [-0.15, -0.1) is 0 Å². The average Bonchev–Trinajstić information content (AvgIpc) is 3.63. The van der Waals surface area contributed by atoms with Gasteiger partial charge in [-0.2, -0.15) is 0 Å². The fourth-order valence-corrected chi connectivity index (χ4v) is 5.76. The van der Waals surface area contributed by atoms with Crippen LogP contribution in [0.3, 0.4) is 0 Å². The number of hydrogen-bond acceptors (Lipinski definition) is 7. The van der Waals surface area contributed by atoms with Gasteiger partial charge in [-0.3, -0.25) is 9.69 Å². The highest BCUT2D eigenvalue weighted by atomic mass is 16.7. The fourth-order valence-electron chi connectivity index (χ4n) is 5.76. The SMILES string of the molecule is CCCN(CCN1C[C@H](c2ccc3c(c2)OCO3)[C@H](C(=O)O)[C@H]1c1ccc(OC)cc1)C(=O)OCc1ccccc1. The molecule has 1 N–H and O–H groups in total. The first kappa shape index (κ1) is 28.3. The second-order valence-electron chi connectivity index (χ2n) is 10.3. The number of rotatable bonds is 11. The van der Waals surface area contributed by atoms with Crippen LogP contribution < -0.4 is 14.2 Å². The summed E-state index contributed by atoms with van der Waals surface area (Å²) in [6.45, 7) is 4.32. The van der Waals surface area contributed by atoms with Crippen molar-refractivity contribution in [3.8, 4) is 17.2 Å². The highest BCUT2D eigenvalue weighted by Gasteiger charge is 2.47. The van der Waals surface area contributed by atoms with E-state index in [1.807, 2.05) is 79.7 Å². The molecule has 1 saturated heterocycles. The summed E-state index contributed by atoms with van der Waals surface area (Å²) in [6.07, 6.45) is 0.401. The quantitative estimate of drug-likeness (QED) is 0.337. The predicted octanol–water partition coefficient (Wildman–Crippen LogP) is 5.31. The minimum absolute atomic E-state index is 0.153. The number of carboxylic acids is 1. The molecule has 41 heavy (non-hydrogen) atoms. The molecule has 216 valence electrons.